The number of carbonyl (C=O) groups excluding carboxylic acids is 2. The lowest BCUT2D eigenvalue weighted by molar-refractivity contribution is -0.385. The van der Waals surface area contributed by atoms with Crippen LogP contribution in [0, 0.1) is 20.2 Å². The van der Waals surface area contributed by atoms with Crippen molar-refractivity contribution in [1.29, 1.82) is 0 Å². The number of ether oxygens (including phenoxy) is 6. The third kappa shape index (κ3) is 12.6. The molecule has 366 valence electrons. The number of aliphatic hydroxyl groups is 8. The van der Waals surface area contributed by atoms with Crippen molar-refractivity contribution >= 4 is 23.2 Å². The van der Waals surface area contributed by atoms with Gasteiger partial charge in [-0.2, -0.15) is 0 Å². The van der Waals surface area contributed by atoms with Crippen molar-refractivity contribution in [2.45, 2.75) is 61.4 Å². The van der Waals surface area contributed by atoms with Crippen LogP contribution in [0.25, 0.3) is 22.3 Å². The van der Waals surface area contributed by atoms with Crippen molar-refractivity contribution in [3.63, 3.8) is 0 Å². The molecular weight excluding hydrogens is 904 g/mol. The third-order valence-electron chi connectivity index (χ3n) is 10.8. The third-order valence-corrected chi connectivity index (χ3v) is 10.8. The first kappa shape index (κ1) is 51.1. The van der Waals surface area contributed by atoms with Crippen LogP contribution < -0.4 is 20.1 Å². The number of nitro groups is 2. The molecule has 2 saturated heterocycles. The summed E-state index contributed by atoms with van der Waals surface area (Å²) in [5.41, 5.74) is 0.794. The van der Waals surface area contributed by atoms with Crippen LogP contribution in [-0.4, -0.2) is 177 Å². The van der Waals surface area contributed by atoms with Gasteiger partial charge in [0.15, 0.2) is 0 Å². The summed E-state index contributed by atoms with van der Waals surface area (Å²) in [6, 6.07) is 20.0. The number of hydrogen-bond donors (Lipinski definition) is 10. The van der Waals surface area contributed by atoms with Crippen LogP contribution in [0.3, 0.4) is 0 Å². The van der Waals surface area contributed by atoms with Gasteiger partial charge in [0, 0.05) is 36.9 Å². The van der Waals surface area contributed by atoms with Gasteiger partial charge in [-0.1, -0.05) is 24.3 Å². The molecule has 2 amide bonds. The first-order chi connectivity index (χ1) is 32.6. The molecule has 0 aromatic heterocycles. The molecule has 2 heterocycles. The van der Waals surface area contributed by atoms with Crippen LogP contribution in [0.5, 0.6) is 11.5 Å². The van der Waals surface area contributed by atoms with E-state index in [1.807, 2.05) is 0 Å². The quantitative estimate of drug-likeness (QED) is 0.0283. The number of hydrogen-bond acceptors (Lipinski definition) is 20. The van der Waals surface area contributed by atoms with Crippen molar-refractivity contribution in [3.05, 3.63) is 116 Å². The Morgan fingerprint density at radius 2 is 1.01 bits per heavy atom. The molecule has 4 aromatic rings. The van der Waals surface area contributed by atoms with Crippen LogP contribution >= 0.6 is 0 Å². The molecule has 24 heteroatoms. The fourth-order valence-electron chi connectivity index (χ4n) is 7.11. The van der Waals surface area contributed by atoms with Crippen LogP contribution in [0.2, 0.25) is 0 Å². The van der Waals surface area contributed by atoms with Crippen LogP contribution in [0.4, 0.5) is 11.4 Å². The molecule has 6 rings (SSSR count). The fourth-order valence-corrected chi connectivity index (χ4v) is 7.11. The van der Waals surface area contributed by atoms with E-state index in [0.29, 0.717) is 22.3 Å². The van der Waals surface area contributed by atoms with E-state index in [9.17, 15) is 70.7 Å². The van der Waals surface area contributed by atoms with Crippen LogP contribution in [0.1, 0.15) is 20.7 Å². The normalized spacial score (nSPS) is 24.7. The lowest BCUT2D eigenvalue weighted by Crippen LogP contribution is -2.60. The summed E-state index contributed by atoms with van der Waals surface area (Å²) in [6.45, 7) is -0.967. The molecule has 0 saturated carbocycles. The number of nitrogens with zero attached hydrogens (tertiary/aromatic N) is 2. The molecule has 2 aliphatic heterocycles. The second-order valence-electron chi connectivity index (χ2n) is 15.4. The second-order valence-corrected chi connectivity index (χ2v) is 15.4. The molecule has 2 fully saturated rings. The monoisotopic (exact) mass is 954 g/mol. The van der Waals surface area contributed by atoms with E-state index in [2.05, 4.69) is 10.6 Å². The summed E-state index contributed by atoms with van der Waals surface area (Å²) in [5.74, 6) is -0.984. The van der Waals surface area contributed by atoms with Gasteiger partial charge in [-0.15, -0.1) is 0 Å². The molecular formula is C44H50N4O20. The van der Waals surface area contributed by atoms with E-state index in [4.69, 9.17) is 28.4 Å². The Bertz CT molecular complexity index is 2350. The topological polar surface area (TPSA) is 362 Å². The highest BCUT2D eigenvalue weighted by molar-refractivity contribution is 5.99. The Labute approximate surface area is 386 Å². The van der Waals surface area contributed by atoms with Crippen molar-refractivity contribution in [1.82, 2.24) is 10.6 Å². The van der Waals surface area contributed by atoms with Gasteiger partial charge in [0.2, 0.25) is 12.6 Å². The highest BCUT2D eigenvalue weighted by atomic mass is 16.7. The number of carbonyl (C=O) groups is 2. The zero-order valence-electron chi connectivity index (χ0n) is 35.9. The molecule has 10 atom stereocenters. The van der Waals surface area contributed by atoms with Gasteiger partial charge in [0.1, 0.15) is 65.9 Å². The van der Waals surface area contributed by atoms with E-state index in [1.165, 1.54) is 66.7 Å². The molecule has 2 aliphatic rings. The SMILES string of the molecule is O=C(NCCOCCOCCNC(=O)c1cc(-c2ccc(OC3OC(CO)C(O)C(O)C3O)cc2)ccc1[N+](=O)[O-])c1cc(-c2ccc(OC3OC(CO)C(O)C(O)C3O)cc2)cc([N+](=O)[O-])c1. The fraction of sp³-hybridized carbons (Fsp3) is 0.409. The maximum Gasteiger partial charge on any atom is 0.282 e. The lowest BCUT2D eigenvalue weighted by Gasteiger charge is -2.39. The summed E-state index contributed by atoms with van der Waals surface area (Å²) in [6.07, 6.45) is -14.8. The molecule has 10 N–H and O–H groups in total. The summed E-state index contributed by atoms with van der Waals surface area (Å²) < 4.78 is 32.9. The highest BCUT2D eigenvalue weighted by Crippen LogP contribution is 2.32. The molecule has 0 bridgehead atoms. The number of non-ortho nitro benzene ring substituents is 1. The number of nitrogens with one attached hydrogen (secondary N) is 2. The molecule has 0 aliphatic carbocycles. The minimum atomic E-state index is -1.64. The van der Waals surface area contributed by atoms with Crippen molar-refractivity contribution in [3.8, 4) is 33.8 Å². The first-order valence-electron chi connectivity index (χ1n) is 21.0. The standard InChI is InChI=1S/C44H50N4O20/c49-21-33-35(51)37(53)39(55)43(67-33)65-29-6-1-23(2-7-29)25-5-10-32(48(61)62)31(20-25)42(58)46-12-14-64-16-15-63-13-11-45-41(57)27-17-26(18-28(19-27)47(59)60)24-3-8-30(9-4-24)66-44-40(56)38(54)36(52)34(22-50)68-44/h1-10,17-20,33-40,43-44,49-56H,11-16,21-22H2,(H,45,57)(H,46,58). The van der Waals surface area contributed by atoms with E-state index in [-0.39, 0.29) is 67.8 Å². The summed E-state index contributed by atoms with van der Waals surface area (Å²) in [5, 5.41) is 108. The van der Waals surface area contributed by atoms with Crippen molar-refractivity contribution in [2.75, 3.05) is 52.7 Å². The zero-order chi connectivity index (χ0) is 49.1. The Kier molecular flexibility index (Phi) is 17.8. The number of amides is 2. The van der Waals surface area contributed by atoms with E-state index in [1.54, 1.807) is 12.1 Å². The number of rotatable bonds is 21. The van der Waals surface area contributed by atoms with Gasteiger partial charge >= 0.3 is 0 Å². The van der Waals surface area contributed by atoms with Crippen molar-refractivity contribution in [2.24, 2.45) is 0 Å². The number of aliphatic hydroxyl groups excluding tert-OH is 8. The van der Waals surface area contributed by atoms with Gasteiger partial charge in [0.05, 0.1) is 49.5 Å². The van der Waals surface area contributed by atoms with Gasteiger partial charge in [-0.3, -0.25) is 29.8 Å². The second kappa shape index (κ2) is 23.6. The van der Waals surface area contributed by atoms with Crippen molar-refractivity contribution < 1.29 is 88.7 Å². The summed E-state index contributed by atoms with van der Waals surface area (Å²) in [7, 11) is 0. The highest BCUT2D eigenvalue weighted by Gasteiger charge is 2.46. The molecule has 68 heavy (non-hydrogen) atoms. The first-order valence-corrected chi connectivity index (χ1v) is 21.0. The summed E-state index contributed by atoms with van der Waals surface area (Å²) in [4.78, 5) is 48.2. The molecule has 4 aromatic carbocycles. The van der Waals surface area contributed by atoms with Crippen LogP contribution in [-0.2, 0) is 18.9 Å². The predicted molar refractivity (Wildman–Crippen MR) is 232 cm³/mol. The molecule has 24 nitrogen and oxygen atoms in total. The largest absolute Gasteiger partial charge is 0.462 e. The van der Waals surface area contributed by atoms with E-state index in [0.717, 1.165) is 6.07 Å². The van der Waals surface area contributed by atoms with Gasteiger partial charge in [-0.25, -0.2) is 0 Å². The van der Waals surface area contributed by atoms with Gasteiger partial charge < -0.3 is 79.9 Å². The molecule has 10 unspecified atom stereocenters. The number of nitro benzene ring substituents is 2. The average molecular weight is 955 g/mol. The predicted octanol–water partition coefficient (Wildman–Crippen LogP) is -0.613. The molecule has 0 radical (unpaired) electrons. The Hall–Kier alpha value is -6.26. The Morgan fingerprint density at radius 3 is 1.49 bits per heavy atom. The van der Waals surface area contributed by atoms with Gasteiger partial charge in [0.25, 0.3) is 23.2 Å². The van der Waals surface area contributed by atoms with E-state index < -0.39 is 102 Å². The average Bonchev–Trinajstić information content (AvgIpc) is 3.34. The van der Waals surface area contributed by atoms with Crippen LogP contribution in [0.15, 0.2) is 84.9 Å². The smallest absolute Gasteiger partial charge is 0.282 e. The maximum absolute atomic E-state index is 13.1. The van der Waals surface area contributed by atoms with Gasteiger partial charge in [-0.05, 0) is 64.7 Å². The Morgan fingerprint density at radius 1 is 0.544 bits per heavy atom. The minimum Gasteiger partial charge on any atom is -0.462 e. The maximum atomic E-state index is 13.1. The molecule has 0 spiro atoms. The number of benzene rings is 4. The minimum absolute atomic E-state index is 0.00454. The zero-order valence-corrected chi connectivity index (χ0v) is 35.9. The lowest BCUT2D eigenvalue weighted by atomic mass is 9.99. The van der Waals surface area contributed by atoms with E-state index >= 15 is 0 Å². The Balaban J connectivity index is 0.919. The summed E-state index contributed by atoms with van der Waals surface area (Å²) >= 11 is 0.